The Balaban J connectivity index is 2.13. The Morgan fingerprint density at radius 2 is 1.92 bits per heavy atom. The summed E-state index contributed by atoms with van der Waals surface area (Å²) in [6.07, 6.45) is 4.19. The maximum atomic E-state index is 11.5. The van der Waals surface area contributed by atoms with Crippen LogP contribution >= 0.6 is 0 Å². The molecule has 1 atom stereocenters. The molecule has 0 amide bonds. The van der Waals surface area contributed by atoms with Crippen molar-refractivity contribution < 1.29 is 8.42 Å². The van der Waals surface area contributed by atoms with Gasteiger partial charge in [0.25, 0.3) is 0 Å². The van der Waals surface area contributed by atoms with Crippen molar-refractivity contribution in [3.63, 3.8) is 0 Å². The van der Waals surface area contributed by atoms with Gasteiger partial charge in [0.1, 0.15) is 0 Å². The smallest absolute Gasteiger partial charge is 0.150 e. The van der Waals surface area contributed by atoms with Gasteiger partial charge in [-0.15, -0.1) is 0 Å². The van der Waals surface area contributed by atoms with Crippen molar-refractivity contribution in [3.8, 4) is 0 Å². The van der Waals surface area contributed by atoms with E-state index in [4.69, 9.17) is 0 Å². The molecule has 0 aromatic heterocycles. The van der Waals surface area contributed by atoms with Crippen LogP contribution in [-0.4, -0.2) is 33.0 Å². The summed E-state index contributed by atoms with van der Waals surface area (Å²) in [5.74, 6) is 0.835. The number of hydrogen-bond acceptors (Lipinski definition) is 3. The molecule has 2 rings (SSSR count). The molecule has 0 saturated carbocycles. The molecule has 0 unspecified atom stereocenters. The molecule has 0 aromatic rings. The molecule has 0 aliphatic carbocycles. The standard InChI is InChI=1S/C9H17NO2S/c11-13(12)6-2-4-9(8-13)3-1-5-10-7-9/h10H,1-8H2/t9-/m1/s1. The van der Waals surface area contributed by atoms with E-state index in [0.29, 0.717) is 11.5 Å². The molecule has 2 saturated heterocycles. The average molecular weight is 203 g/mol. The summed E-state index contributed by atoms with van der Waals surface area (Å²) in [6, 6.07) is 0. The fraction of sp³-hybridized carbons (Fsp3) is 1.00. The predicted octanol–water partition coefficient (Wildman–Crippen LogP) is 0.565. The van der Waals surface area contributed by atoms with Gasteiger partial charge in [-0.25, -0.2) is 8.42 Å². The van der Waals surface area contributed by atoms with Gasteiger partial charge in [0.05, 0.1) is 11.5 Å². The first-order valence-corrected chi connectivity index (χ1v) is 6.85. The van der Waals surface area contributed by atoms with Crippen molar-refractivity contribution in [3.05, 3.63) is 0 Å². The van der Waals surface area contributed by atoms with Gasteiger partial charge in [0.15, 0.2) is 9.84 Å². The second kappa shape index (κ2) is 3.24. The minimum atomic E-state index is -2.73. The second-order valence-corrected chi connectivity index (χ2v) is 6.66. The zero-order valence-corrected chi connectivity index (χ0v) is 8.70. The predicted molar refractivity (Wildman–Crippen MR) is 52.4 cm³/mol. The van der Waals surface area contributed by atoms with E-state index in [9.17, 15) is 8.42 Å². The van der Waals surface area contributed by atoms with Crippen LogP contribution in [0.25, 0.3) is 0 Å². The monoisotopic (exact) mass is 203 g/mol. The van der Waals surface area contributed by atoms with Gasteiger partial charge < -0.3 is 5.32 Å². The largest absolute Gasteiger partial charge is 0.316 e. The van der Waals surface area contributed by atoms with E-state index in [1.165, 1.54) is 0 Å². The maximum absolute atomic E-state index is 11.5. The third-order valence-electron chi connectivity index (χ3n) is 3.25. The molecule has 1 N–H and O–H groups in total. The molecule has 4 heteroatoms. The van der Waals surface area contributed by atoms with Crippen molar-refractivity contribution in [1.29, 1.82) is 0 Å². The first-order valence-electron chi connectivity index (χ1n) is 5.03. The van der Waals surface area contributed by atoms with Crippen LogP contribution in [0.2, 0.25) is 0 Å². The van der Waals surface area contributed by atoms with E-state index in [-0.39, 0.29) is 5.41 Å². The average Bonchev–Trinajstić information content (AvgIpc) is 2.03. The number of piperidine rings is 1. The molecule has 3 nitrogen and oxygen atoms in total. The van der Waals surface area contributed by atoms with Crippen molar-refractivity contribution in [2.24, 2.45) is 5.41 Å². The van der Waals surface area contributed by atoms with Crippen molar-refractivity contribution >= 4 is 9.84 Å². The van der Waals surface area contributed by atoms with E-state index in [1.807, 2.05) is 0 Å². The van der Waals surface area contributed by atoms with Gasteiger partial charge in [-0.05, 0) is 37.6 Å². The SMILES string of the molecule is O=S1(=O)CCC[C@@]2(CCCNC2)C1. The molecule has 0 radical (unpaired) electrons. The molecule has 0 bridgehead atoms. The molecule has 2 aliphatic rings. The third-order valence-corrected chi connectivity index (χ3v) is 5.21. The maximum Gasteiger partial charge on any atom is 0.150 e. The Hall–Kier alpha value is -0.0900. The van der Waals surface area contributed by atoms with Gasteiger partial charge in [-0.2, -0.15) is 0 Å². The fourth-order valence-corrected chi connectivity index (χ4v) is 4.70. The van der Waals surface area contributed by atoms with E-state index < -0.39 is 9.84 Å². The number of nitrogens with one attached hydrogen (secondary N) is 1. The lowest BCUT2D eigenvalue weighted by molar-refractivity contribution is 0.213. The van der Waals surface area contributed by atoms with Crippen LogP contribution in [-0.2, 0) is 9.84 Å². The van der Waals surface area contributed by atoms with Gasteiger partial charge in [-0.1, -0.05) is 0 Å². The molecular formula is C9H17NO2S. The highest BCUT2D eigenvalue weighted by molar-refractivity contribution is 7.91. The highest BCUT2D eigenvalue weighted by atomic mass is 32.2. The first-order chi connectivity index (χ1) is 6.12. The van der Waals surface area contributed by atoms with Crippen molar-refractivity contribution in [2.45, 2.75) is 25.7 Å². The summed E-state index contributed by atoms with van der Waals surface area (Å²) in [7, 11) is -2.73. The summed E-state index contributed by atoms with van der Waals surface area (Å²) < 4.78 is 23.0. The quantitative estimate of drug-likeness (QED) is 0.626. The Bertz CT molecular complexity index is 272. The van der Waals surface area contributed by atoms with E-state index >= 15 is 0 Å². The molecule has 0 aromatic carbocycles. The zero-order valence-electron chi connectivity index (χ0n) is 7.88. The molecule has 2 heterocycles. The first kappa shape index (κ1) is 9.46. The highest BCUT2D eigenvalue weighted by Gasteiger charge is 2.39. The number of hydrogen-bond donors (Lipinski definition) is 1. The van der Waals surface area contributed by atoms with E-state index in [0.717, 1.165) is 38.8 Å². The van der Waals surface area contributed by atoms with Crippen LogP contribution in [0.1, 0.15) is 25.7 Å². The minimum absolute atomic E-state index is 0.0926. The zero-order chi connectivity index (χ0) is 9.36. The summed E-state index contributed by atoms with van der Waals surface area (Å²) in [4.78, 5) is 0. The Morgan fingerprint density at radius 1 is 1.15 bits per heavy atom. The Labute approximate surface area is 79.8 Å². The Morgan fingerprint density at radius 3 is 2.54 bits per heavy atom. The van der Waals surface area contributed by atoms with Crippen molar-refractivity contribution in [1.82, 2.24) is 5.32 Å². The van der Waals surface area contributed by atoms with Crippen molar-refractivity contribution in [2.75, 3.05) is 24.6 Å². The molecular weight excluding hydrogens is 186 g/mol. The summed E-state index contributed by atoms with van der Waals surface area (Å²) in [5.41, 5.74) is 0.0926. The topological polar surface area (TPSA) is 46.2 Å². The fourth-order valence-electron chi connectivity index (χ4n) is 2.64. The van der Waals surface area contributed by atoms with Gasteiger partial charge in [0.2, 0.25) is 0 Å². The minimum Gasteiger partial charge on any atom is -0.316 e. The van der Waals surface area contributed by atoms with Crippen LogP contribution in [0.15, 0.2) is 0 Å². The molecule has 76 valence electrons. The van der Waals surface area contributed by atoms with E-state index in [1.54, 1.807) is 0 Å². The summed E-state index contributed by atoms with van der Waals surface area (Å²) in [5, 5.41) is 3.32. The van der Waals surface area contributed by atoms with Gasteiger partial charge in [0, 0.05) is 6.54 Å². The molecule has 1 spiro atoms. The lowest BCUT2D eigenvalue weighted by atomic mass is 9.78. The van der Waals surface area contributed by atoms with Crippen LogP contribution in [0.4, 0.5) is 0 Å². The number of rotatable bonds is 0. The number of sulfone groups is 1. The molecule has 2 aliphatic heterocycles. The second-order valence-electron chi connectivity index (χ2n) is 4.48. The molecule has 13 heavy (non-hydrogen) atoms. The summed E-state index contributed by atoms with van der Waals surface area (Å²) >= 11 is 0. The summed E-state index contributed by atoms with van der Waals surface area (Å²) in [6.45, 7) is 1.97. The highest BCUT2D eigenvalue weighted by Crippen LogP contribution is 2.36. The Kier molecular flexibility index (Phi) is 2.36. The third kappa shape index (κ3) is 2.05. The van der Waals surface area contributed by atoms with E-state index in [2.05, 4.69) is 5.32 Å². The normalized spacial score (nSPS) is 39.1. The van der Waals surface area contributed by atoms with Crippen LogP contribution in [0.3, 0.4) is 0 Å². The van der Waals surface area contributed by atoms with Gasteiger partial charge in [-0.3, -0.25) is 0 Å². The van der Waals surface area contributed by atoms with Crippen LogP contribution in [0, 0.1) is 5.41 Å². The van der Waals surface area contributed by atoms with Crippen LogP contribution in [0.5, 0.6) is 0 Å². The molecule has 2 fully saturated rings. The van der Waals surface area contributed by atoms with Gasteiger partial charge >= 0.3 is 0 Å². The lowest BCUT2D eigenvalue weighted by Gasteiger charge is -2.40. The van der Waals surface area contributed by atoms with Crippen LogP contribution < -0.4 is 5.32 Å². The lowest BCUT2D eigenvalue weighted by Crippen LogP contribution is -2.47.